The van der Waals surface area contributed by atoms with Crippen LogP contribution in [0.2, 0.25) is 0 Å². The van der Waals surface area contributed by atoms with Gasteiger partial charge in [-0.1, -0.05) is 35.5 Å². The quantitative estimate of drug-likeness (QED) is 0.495. The van der Waals surface area contributed by atoms with Gasteiger partial charge in [-0.15, -0.1) is 0 Å². The van der Waals surface area contributed by atoms with Crippen molar-refractivity contribution < 1.29 is 15.1 Å². The van der Waals surface area contributed by atoms with Gasteiger partial charge in [0.1, 0.15) is 17.2 Å². The molecule has 2 aromatic carbocycles. The molecule has 4 nitrogen and oxygen atoms in total. The van der Waals surface area contributed by atoms with Crippen molar-refractivity contribution in [2.45, 2.75) is 0 Å². The normalized spacial score (nSPS) is 11.3. The van der Waals surface area contributed by atoms with Crippen LogP contribution in [0.5, 0.6) is 11.5 Å². The van der Waals surface area contributed by atoms with Gasteiger partial charge in [0.2, 0.25) is 0 Å². The van der Waals surface area contributed by atoms with Gasteiger partial charge >= 0.3 is 0 Å². The fourth-order valence-corrected chi connectivity index (χ4v) is 1.70. The lowest BCUT2D eigenvalue weighted by atomic mass is 10.0. The standard InChI is InChI=1S/C14H13NO3/c1-18-11-7-8-12(13(16)9-11)14(15-17)10-5-3-2-4-6-10/h2-9,16-17H,1H3/b15-14+. The molecule has 2 N–H and O–H groups in total. The van der Waals surface area contributed by atoms with Crippen molar-refractivity contribution in [1.82, 2.24) is 0 Å². The number of methoxy groups -OCH3 is 1. The second-order valence-electron chi connectivity index (χ2n) is 3.70. The van der Waals surface area contributed by atoms with Crippen molar-refractivity contribution >= 4 is 5.71 Å². The van der Waals surface area contributed by atoms with E-state index in [-0.39, 0.29) is 5.75 Å². The molecule has 0 amide bonds. The molecular weight excluding hydrogens is 230 g/mol. The monoisotopic (exact) mass is 243 g/mol. The molecule has 0 atom stereocenters. The fraction of sp³-hybridized carbons (Fsp3) is 0.0714. The van der Waals surface area contributed by atoms with Crippen LogP contribution in [0.3, 0.4) is 0 Å². The summed E-state index contributed by atoms with van der Waals surface area (Å²) in [5, 5.41) is 22.3. The maximum absolute atomic E-state index is 9.91. The summed E-state index contributed by atoms with van der Waals surface area (Å²) in [7, 11) is 1.52. The number of ether oxygens (including phenoxy) is 1. The summed E-state index contributed by atoms with van der Waals surface area (Å²) in [4.78, 5) is 0. The van der Waals surface area contributed by atoms with Gasteiger partial charge in [-0.05, 0) is 12.1 Å². The summed E-state index contributed by atoms with van der Waals surface area (Å²) in [5.41, 5.74) is 1.49. The van der Waals surface area contributed by atoms with Crippen LogP contribution >= 0.6 is 0 Å². The zero-order chi connectivity index (χ0) is 13.0. The Morgan fingerprint density at radius 3 is 2.39 bits per heavy atom. The first-order valence-corrected chi connectivity index (χ1v) is 5.41. The van der Waals surface area contributed by atoms with Crippen LogP contribution in [0.4, 0.5) is 0 Å². The molecular formula is C14H13NO3. The van der Waals surface area contributed by atoms with Crippen LogP contribution in [-0.2, 0) is 0 Å². The summed E-state index contributed by atoms with van der Waals surface area (Å²) in [6.45, 7) is 0. The van der Waals surface area contributed by atoms with Gasteiger partial charge in [-0.25, -0.2) is 0 Å². The molecule has 4 heteroatoms. The highest BCUT2D eigenvalue weighted by Gasteiger charge is 2.12. The Hall–Kier alpha value is -2.49. The van der Waals surface area contributed by atoms with E-state index < -0.39 is 0 Å². The molecule has 0 spiro atoms. The topological polar surface area (TPSA) is 62.0 Å². The van der Waals surface area contributed by atoms with Crippen LogP contribution in [0, 0.1) is 0 Å². The minimum Gasteiger partial charge on any atom is -0.507 e. The maximum atomic E-state index is 9.91. The van der Waals surface area contributed by atoms with Gasteiger partial charge < -0.3 is 15.1 Å². The van der Waals surface area contributed by atoms with E-state index in [1.165, 1.54) is 13.2 Å². The number of benzene rings is 2. The summed E-state index contributed by atoms with van der Waals surface area (Å²) in [5.74, 6) is 0.549. The molecule has 0 radical (unpaired) electrons. The van der Waals surface area contributed by atoms with E-state index in [1.54, 1.807) is 24.3 Å². The SMILES string of the molecule is COc1ccc(/C(=N/O)c2ccccc2)c(O)c1. The number of rotatable bonds is 3. The Bertz CT molecular complexity index is 565. The minimum absolute atomic E-state index is 0.00556. The molecule has 0 aliphatic heterocycles. The summed E-state index contributed by atoms with van der Waals surface area (Å²) in [6.07, 6.45) is 0. The molecule has 0 unspecified atom stereocenters. The third-order valence-corrected chi connectivity index (χ3v) is 2.61. The molecule has 0 fully saturated rings. The van der Waals surface area contributed by atoms with Crippen molar-refractivity contribution in [3.05, 3.63) is 59.7 Å². The molecule has 92 valence electrons. The maximum Gasteiger partial charge on any atom is 0.128 e. The zero-order valence-electron chi connectivity index (χ0n) is 9.87. The van der Waals surface area contributed by atoms with E-state index in [0.717, 1.165) is 5.56 Å². The van der Waals surface area contributed by atoms with E-state index in [1.807, 2.05) is 18.2 Å². The van der Waals surface area contributed by atoms with Crippen LogP contribution in [0.1, 0.15) is 11.1 Å². The number of hydrogen-bond donors (Lipinski definition) is 2. The van der Waals surface area contributed by atoms with Crippen LogP contribution in [0.15, 0.2) is 53.7 Å². The van der Waals surface area contributed by atoms with Crippen molar-refractivity contribution in [2.24, 2.45) is 5.16 Å². The predicted octanol–water partition coefficient (Wildman–Crippen LogP) is 2.63. The number of nitrogens with zero attached hydrogens (tertiary/aromatic N) is 1. The summed E-state index contributed by atoms with van der Waals surface area (Å²) >= 11 is 0. The number of aromatic hydroxyl groups is 1. The highest BCUT2D eigenvalue weighted by atomic mass is 16.5. The Kier molecular flexibility index (Phi) is 3.48. The smallest absolute Gasteiger partial charge is 0.128 e. The lowest BCUT2D eigenvalue weighted by Crippen LogP contribution is -2.03. The Labute approximate surface area is 105 Å². The first kappa shape index (κ1) is 12.0. The Morgan fingerprint density at radius 1 is 1.11 bits per heavy atom. The first-order chi connectivity index (χ1) is 8.76. The van der Waals surface area contributed by atoms with E-state index >= 15 is 0 Å². The molecule has 0 aliphatic rings. The zero-order valence-corrected chi connectivity index (χ0v) is 9.87. The van der Waals surface area contributed by atoms with Gasteiger partial charge in [0, 0.05) is 17.2 Å². The van der Waals surface area contributed by atoms with Gasteiger partial charge in [-0.2, -0.15) is 0 Å². The number of hydrogen-bond acceptors (Lipinski definition) is 4. The number of phenolic OH excluding ortho intramolecular Hbond substituents is 1. The average Bonchev–Trinajstić information content (AvgIpc) is 2.42. The minimum atomic E-state index is 0.00556. The third-order valence-electron chi connectivity index (χ3n) is 2.61. The molecule has 18 heavy (non-hydrogen) atoms. The van der Waals surface area contributed by atoms with Crippen molar-refractivity contribution in [1.29, 1.82) is 0 Å². The molecule has 0 saturated carbocycles. The molecule has 0 aromatic heterocycles. The average molecular weight is 243 g/mol. The molecule has 2 aromatic rings. The highest BCUT2D eigenvalue weighted by Crippen LogP contribution is 2.26. The second-order valence-corrected chi connectivity index (χ2v) is 3.70. The van der Waals surface area contributed by atoms with Crippen LogP contribution in [0.25, 0.3) is 0 Å². The Balaban J connectivity index is 2.47. The van der Waals surface area contributed by atoms with Crippen LogP contribution in [-0.4, -0.2) is 23.1 Å². The molecule has 0 heterocycles. The first-order valence-electron chi connectivity index (χ1n) is 5.41. The van der Waals surface area contributed by atoms with Crippen LogP contribution < -0.4 is 4.74 Å². The van der Waals surface area contributed by atoms with Gasteiger partial charge in [0.15, 0.2) is 0 Å². The lowest BCUT2D eigenvalue weighted by Gasteiger charge is -2.08. The molecule has 0 aliphatic carbocycles. The van der Waals surface area contributed by atoms with E-state index in [4.69, 9.17) is 9.94 Å². The van der Waals surface area contributed by atoms with Gasteiger partial charge in [0.05, 0.1) is 7.11 Å². The predicted molar refractivity (Wildman–Crippen MR) is 68.5 cm³/mol. The van der Waals surface area contributed by atoms with E-state index in [2.05, 4.69) is 5.16 Å². The van der Waals surface area contributed by atoms with E-state index in [9.17, 15) is 5.11 Å². The fourth-order valence-electron chi connectivity index (χ4n) is 1.70. The third kappa shape index (κ3) is 2.27. The second kappa shape index (κ2) is 5.23. The van der Waals surface area contributed by atoms with Gasteiger partial charge in [0.25, 0.3) is 0 Å². The number of oxime groups is 1. The molecule has 0 bridgehead atoms. The molecule has 0 saturated heterocycles. The van der Waals surface area contributed by atoms with Gasteiger partial charge in [-0.3, -0.25) is 0 Å². The summed E-state index contributed by atoms with van der Waals surface area (Å²) < 4.78 is 5.01. The van der Waals surface area contributed by atoms with Crippen molar-refractivity contribution in [3.63, 3.8) is 0 Å². The van der Waals surface area contributed by atoms with E-state index in [0.29, 0.717) is 17.0 Å². The number of phenols is 1. The molecule has 2 rings (SSSR count). The highest BCUT2D eigenvalue weighted by molar-refractivity contribution is 6.14. The largest absolute Gasteiger partial charge is 0.507 e. The van der Waals surface area contributed by atoms with Crippen molar-refractivity contribution in [3.8, 4) is 11.5 Å². The Morgan fingerprint density at radius 2 is 1.83 bits per heavy atom. The van der Waals surface area contributed by atoms with Crippen molar-refractivity contribution in [2.75, 3.05) is 7.11 Å². The summed E-state index contributed by atoms with van der Waals surface area (Å²) in [6, 6.07) is 14.0. The lowest BCUT2D eigenvalue weighted by molar-refractivity contribution is 0.319.